The summed E-state index contributed by atoms with van der Waals surface area (Å²) in [5, 5.41) is 27.9. The van der Waals surface area contributed by atoms with Gasteiger partial charge in [0.05, 0.1) is 12.5 Å². The molecule has 0 fully saturated rings. The summed E-state index contributed by atoms with van der Waals surface area (Å²) >= 11 is 0. The van der Waals surface area contributed by atoms with Crippen LogP contribution in [0, 0.1) is 0 Å². The third-order valence-electron chi connectivity index (χ3n) is 2.10. The predicted octanol–water partition coefficient (Wildman–Crippen LogP) is -10.5. The Labute approximate surface area is 182 Å². The van der Waals surface area contributed by atoms with Crippen molar-refractivity contribution >= 4 is 17.9 Å². The second-order valence-electron chi connectivity index (χ2n) is 3.70. The third-order valence-corrected chi connectivity index (χ3v) is 2.10. The fourth-order valence-corrected chi connectivity index (χ4v) is 1.73. The van der Waals surface area contributed by atoms with E-state index in [0.29, 0.717) is 6.42 Å². The quantitative estimate of drug-likeness (QED) is 0.340. The zero-order valence-corrected chi connectivity index (χ0v) is 18.0. The van der Waals surface area contributed by atoms with E-state index in [1.54, 1.807) is 6.92 Å². The zero-order chi connectivity index (χ0) is 12.8. The number of carboxylic acids is 3. The van der Waals surface area contributed by atoms with Gasteiger partial charge in [-0.2, -0.15) is 0 Å². The Morgan fingerprint density at radius 1 is 1.00 bits per heavy atom. The van der Waals surface area contributed by atoms with Crippen LogP contribution in [0.2, 0.25) is 0 Å². The number of hydrogen-bond acceptors (Lipinski definition) is 4. The van der Waals surface area contributed by atoms with Crippen molar-refractivity contribution in [3.8, 4) is 0 Å². The largest absolute Gasteiger partial charge is 1.00 e. The average Bonchev–Trinajstić information content (AvgIpc) is 1.98. The molecule has 0 aliphatic rings. The molecule has 0 saturated carbocycles. The molecule has 0 aromatic carbocycles. The summed E-state index contributed by atoms with van der Waals surface area (Å²) in [4.78, 5) is 31.8. The van der Waals surface area contributed by atoms with Gasteiger partial charge in [-0.1, -0.05) is 6.92 Å². The molecule has 0 spiro atoms. The van der Waals surface area contributed by atoms with Crippen molar-refractivity contribution in [1.29, 1.82) is 0 Å². The minimum atomic E-state index is -1.45. The molecular weight excluding hydrogens is 287 g/mol. The van der Waals surface area contributed by atoms with E-state index >= 15 is 0 Å². The number of carbonyl (C=O) groups is 3. The summed E-state index contributed by atoms with van der Waals surface area (Å²) in [6, 6.07) is 0. The molecule has 0 bridgehead atoms. The van der Waals surface area contributed by atoms with Crippen molar-refractivity contribution in [1.82, 2.24) is 0 Å². The Kier molecular flexibility index (Phi) is 21.5. The van der Waals surface area contributed by atoms with Gasteiger partial charge in [-0.3, -0.25) is 0 Å². The normalized spacial score (nSPS) is 9.32. The Hall–Kier alpha value is 1.37. The van der Waals surface area contributed by atoms with Gasteiger partial charge in [0.15, 0.2) is 13.1 Å². The zero-order valence-electron chi connectivity index (χ0n) is 15.0. The standard InChI is InChI=1S/C9H15NO6.3Na.3H/c1-2-3-10(4-7(11)12,5-8(13)14)6-9(15)16;;;;;;/h2-6H2,1H3,(H2-,11,12,13,14,15,16);;;;;;/q;3*+1;3*-1. The minimum Gasteiger partial charge on any atom is -1.00 e. The molecule has 0 rings (SSSR count). The van der Waals surface area contributed by atoms with E-state index in [2.05, 4.69) is 0 Å². The van der Waals surface area contributed by atoms with Crippen LogP contribution in [0.1, 0.15) is 17.6 Å². The van der Waals surface area contributed by atoms with Crippen LogP contribution in [0.15, 0.2) is 0 Å². The number of nitrogens with zero attached hydrogens (tertiary/aromatic N) is 1. The summed E-state index contributed by atoms with van der Waals surface area (Å²) in [6.45, 7) is 0.229. The summed E-state index contributed by atoms with van der Waals surface area (Å²) in [5.74, 6) is -3.90. The molecule has 0 aliphatic carbocycles. The molecule has 19 heavy (non-hydrogen) atoms. The first-order valence-corrected chi connectivity index (χ1v) is 4.80. The second kappa shape index (κ2) is 14.3. The molecule has 0 saturated heterocycles. The summed E-state index contributed by atoms with van der Waals surface area (Å²) in [7, 11) is 0. The summed E-state index contributed by atoms with van der Waals surface area (Å²) in [6.07, 6.45) is 0.494. The average molecular weight is 305 g/mol. The molecule has 0 atom stereocenters. The molecule has 0 amide bonds. The Bertz CT molecular complexity index is 272. The topological polar surface area (TPSA) is 115 Å². The van der Waals surface area contributed by atoms with Gasteiger partial charge < -0.3 is 28.9 Å². The molecule has 7 nitrogen and oxygen atoms in total. The third kappa shape index (κ3) is 14.1. The fourth-order valence-electron chi connectivity index (χ4n) is 1.73. The van der Waals surface area contributed by atoms with Crippen LogP contribution < -0.4 is 93.8 Å². The van der Waals surface area contributed by atoms with Gasteiger partial charge in [-0.15, -0.1) is 0 Å². The van der Waals surface area contributed by atoms with E-state index in [0.717, 1.165) is 0 Å². The number of carboxylic acid groups (broad SMARTS) is 3. The van der Waals surface area contributed by atoms with Crippen LogP contribution in [0.5, 0.6) is 0 Å². The van der Waals surface area contributed by atoms with Crippen molar-refractivity contribution in [2.75, 3.05) is 26.2 Å². The molecule has 10 heteroatoms. The van der Waals surface area contributed by atoms with Crippen LogP contribution in [-0.2, 0) is 14.4 Å². The molecule has 2 N–H and O–H groups in total. The van der Waals surface area contributed by atoms with Crippen LogP contribution in [0.4, 0.5) is 0 Å². The van der Waals surface area contributed by atoms with Crippen molar-refractivity contribution in [2.24, 2.45) is 0 Å². The summed E-state index contributed by atoms with van der Waals surface area (Å²) in [5.41, 5.74) is 0. The van der Waals surface area contributed by atoms with Crippen LogP contribution in [-0.4, -0.2) is 58.8 Å². The molecule has 0 aliphatic heterocycles. The van der Waals surface area contributed by atoms with Gasteiger partial charge in [0.1, 0.15) is 6.54 Å². The van der Waals surface area contributed by atoms with E-state index in [4.69, 9.17) is 10.2 Å². The maximum absolute atomic E-state index is 10.6. The first-order valence-electron chi connectivity index (χ1n) is 4.80. The number of carbonyl (C=O) groups excluding carboxylic acids is 1. The van der Waals surface area contributed by atoms with E-state index in [1.807, 2.05) is 0 Å². The smallest absolute Gasteiger partial charge is 1.00 e. The Morgan fingerprint density at radius 2 is 1.37 bits per heavy atom. The fraction of sp³-hybridized carbons (Fsp3) is 0.667. The Balaban J connectivity index is -0.0000000750. The van der Waals surface area contributed by atoms with Gasteiger partial charge in [-0.05, 0) is 6.42 Å². The van der Waals surface area contributed by atoms with E-state index in [-0.39, 0.29) is 99.5 Å². The van der Waals surface area contributed by atoms with Gasteiger partial charge in [-0.25, -0.2) is 9.59 Å². The number of hydrogen-bond donors (Lipinski definition) is 2. The first kappa shape index (κ1) is 28.5. The van der Waals surface area contributed by atoms with Crippen LogP contribution in [0.3, 0.4) is 0 Å². The van der Waals surface area contributed by atoms with Crippen LogP contribution >= 0.6 is 0 Å². The molecule has 0 radical (unpaired) electrons. The van der Waals surface area contributed by atoms with Crippen molar-refractivity contribution in [3.63, 3.8) is 0 Å². The Morgan fingerprint density at radius 3 is 1.58 bits per heavy atom. The van der Waals surface area contributed by atoms with Crippen molar-refractivity contribution < 1.29 is 127 Å². The van der Waals surface area contributed by atoms with Gasteiger partial charge in [0, 0.05) is 0 Å². The molecular formula is C9H18NNa3O6. The molecule has 0 aromatic rings. The number of quaternary nitrogens is 1. The van der Waals surface area contributed by atoms with Crippen molar-refractivity contribution in [2.45, 2.75) is 13.3 Å². The molecule has 98 valence electrons. The monoisotopic (exact) mass is 305 g/mol. The molecule has 0 heterocycles. The summed E-state index contributed by atoms with van der Waals surface area (Å²) < 4.78 is -0.524. The minimum absolute atomic E-state index is 0. The molecule has 0 aromatic heterocycles. The SMILES string of the molecule is CCC[N+](CC(=O)[O-])(CC(=O)O)CC(=O)O.[H-].[H-].[H-].[Na+].[Na+].[Na+]. The van der Waals surface area contributed by atoms with Gasteiger partial charge in [0.25, 0.3) is 0 Å². The number of rotatable bonds is 8. The van der Waals surface area contributed by atoms with E-state index in [9.17, 15) is 19.5 Å². The maximum atomic E-state index is 10.6. The van der Waals surface area contributed by atoms with E-state index in [1.165, 1.54) is 0 Å². The van der Waals surface area contributed by atoms with Crippen LogP contribution in [0.25, 0.3) is 0 Å². The maximum Gasteiger partial charge on any atom is 1.00 e. The van der Waals surface area contributed by atoms with E-state index < -0.39 is 42.0 Å². The van der Waals surface area contributed by atoms with Gasteiger partial charge in [0.2, 0.25) is 0 Å². The first-order chi connectivity index (χ1) is 7.31. The van der Waals surface area contributed by atoms with Crippen molar-refractivity contribution in [3.05, 3.63) is 0 Å². The number of aliphatic carboxylic acids is 3. The molecule has 0 unspecified atom stereocenters. The predicted molar refractivity (Wildman–Crippen MR) is 53.6 cm³/mol. The second-order valence-corrected chi connectivity index (χ2v) is 3.70. The van der Waals surface area contributed by atoms with Gasteiger partial charge >= 0.3 is 101 Å².